The summed E-state index contributed by atoms with van der Waals surface area (Å²) in [6.45, 7) is 1.05. The van der Waals surface area contributed by atoms with E-state index in [-0.39, 0.29) is 17.6 Å². The van der Waals surface area contributed by atoms with Gasteiger partial charge in [-0.05, 0) is 30.5 Å². The predicted octanol–water partition coefficient (Wildman–Crippen LogP) is 2.74. The first kappa shape index (κ1) is 17.8. The highest BCUT2D eigenvalue weighted by atomic mass is 16.2. The van der Waals surface area contributed by atoms with E-state index in [1.807, 2.05) is 30.3 Å². The lowest BCUT2D eigenvalue weighted by Crippen LogP contribution is -2.44. The highest BCUT2D eigenvalue weighted by Gasteiger charge is 2.33. The topological polar surface area (TPSA) is 74.1 Å². The third-order valence-electron chi connectivity index (χ3n) is 4.77. The van der Waals surface area contributed by atoms with Gasteiger partial charge in [-0.1, -0.05) is 36.4 Å². The van der Waals surface area contributed by atoms with Crippen LogP contribution in [0.15, 0.2) is 54.7 Å². The number of nitrogens with zero attached hydrogens (tertiary/aromatic N) is 3. The van der Waals surface area contributed by atoms with Crippen LogP contribution in [0.1, 0.15) is 30.0 Å². The molecule has 132 valence electrons. The van der Waals surface area contributed by atoms with Gasteiger partial charge in [-0.25, -0.2) is 0 Å². The van der Waals surface area contributed by atoms with Crippen molar-refractivity contribution in [1.82, 2.24) is 9.88 Å². The molecule has 0 bridgehead atoms. The SMILES string of the molecule is N#C[C@H](C(=O)[C@H]1CCCN(C(=O)Cc2ccccc2)C1)c1ccccn1. The van der Waals surface area contributed by atoms with E-state index in [1.54, 1.807) is 29.3 Å². The van der Waals surface area contributed by atoms with E-state index in [0.717, 1.165) is 12.0 Å². The highest BCUT2D eigenvalue weighted by Crippen LogP contribution is 2.25. The number of piperidine rings is 1. The molecule has 3 rings (SSSR count). The monoisotopic (exact) mass is 347 g/mol. The standard InChI is InChI=1S/C21H21N3O2/c22-14-18(19-10-4-5-11-23-19)21(26)17-9-6-12-24(15-17)20(25)13-16-7-2-1-3-8-16/h1-5,7-8,10-11,17-18H,6,9,12-13,15H2/t17-,18-/m0/s1. The van der Waals surface area contributed by atoms with Gasteiger partial charge in [-0.3, -0.25) is 14.6 Å². The molecule has 1 aromatic heterocycles. The Kier molecular flexibility index (Phi) is 5.75. The minimum atomic E-state index is -0.870. The van der Waals surface area contributed by atoms with Gasteiger partial charge in [0.25, 0.3) is 0 Å². The summed E-state index contributed by atoms with van der Waals surface area (Å²) in [5, 5.41) is 9.46. The molecular formula is C21H21N3O2. The number of hydrogen-bond donors (Lipinski definition) is 0. The largest absolute Gasteiger partial charge is 0.342 e. The molecule has 26 heavy (non-hydrogen) atoms. The minimum absolute atomic E-state index is 0.0278. The molecule has 1 fully saturated rings. The van der Waals surface area contributed by atoms with E-state index in [1.165, 1.54) is 0 Å². The Morgan fingerprint density at radius 2 is 1.96 bits per heavy atom. The van der Waals surface area contributed by atoms with Crippen molar-refractivity contribution in [3.05, 3.63) is 66.0 Å². The summed E-state index contributed by atoms with van der Waals surface area (Å²) >= 11 is 0. The molecule has 2 atom stereocenters. The molecule has 1 amide bonds. The smallest absolute Gasteiger partial charge is 0.227 e. The van der Waals surface area contributed by atoms with Gasteiger partial charge in [0.15, 0.2) is 5.78 Å². The third-order valence-corrected chi connectivity index (χ3v) is 4.77. The van der Waals surface area contributed by atoms with Crippen LogP contribution in [0.2, 0.25) is 0 Å². The minimum Gasteiger partial charge on any atom is -0.342 e. The van der Waals surface area contributed by atoms with Crippen LogP contribution in [0.5, 0.6) is 0 Å². The fraction of sp³-hybridized carbons (Fsp3) is 0.333. The normalized spacial score (nSPS) is 18.0. The molecule has 1 saturated heterocycles. The van der Waals surface area contributed by atoms with E-state index >= 15 is 0 Å². The maximum absolute atomic E-state index is 12.9. The van der Waals surface area contributed by atoms with Crippen molar-refractivity contribution in [3.63, 3.8) is 0 Å². The summed E-state index contributed by atoms with van der Waals surface area (Å²) in [4.78, 5) is 31.3. The molecule has 0 aliphatic carbocycles. The predicted molar refractivity (Wildman–Crippen MR) is 97.0 cm³/mol. The van der Waals surface area contributed by atoms with Crippen molar-refractivity contribution in [3.8, 4) is 6.07 Å². The summed E-state index contributed by atoms with van der Waals surface area (Å²) < 4.78 is 0. The average molecular weight is 347 g/mol. The number of likely N-dealkylation sites (tertiary alicyclic amines) is 1. The molecule has 1 aliphatic heterocycles. The summed E-state index contributed by atoms with van der Waals surface area (Å²) in [6.07, 6.45) is 3.41. The number of nitriles is 1. The van der Waals surface area contributed by atoms with Crippen molar-refractivity contribution >= 4 is 11.7 Å². The number of ketones is 1. The Morgan fingerprint density at radius 1 is 1.19 bits per heavy atom. The van der Waals surface area contributed by atoms with Gasteiger partial charge in [0.1, 0.15) is 5.92 Å². The van der Waals surface area contributed by atoms with Crippen molar-refractivity contribution in [2.45, 2.75) is 25.2 Å². The van der Waals surface area contributed by atoms with E-state index in [4.69, 9.17) is 0 Å². The Morgan fingerprint density at radius 3 is 2.65 bits per heavy atom. The second-order valence-electron chi connectivity index (χ2n) is 6.56. The number of pyridine rings is 1. The number of carbonyl (C=O) groups is 2. The number of carbonyl (C=O) groups excluding carboxylic acids is 2. The quantitative estimate of drug-likeness (QED) is 0.833. The lowest BCUT2D eigenvalue weighted by atomic mass is 9.85. The number of amides is 1. The van der Waals surface area contributed by atoms with Crippen LogP contribution < -0.4 is 0 Å². The van der Waals surface area contributed by atoms with Crippen molar-refractivity contribution in [2.75, 3.05) is 13.1 Å². The van der Waals surface area contributed by atoms with Crippen LogP contribution in [0, 0.1) is 17.2 Å². The van der Waals surface area contributed by atoms with Gasteiger partial charge >= 0.3 is 0 Å². The second-order valence-corrected chi connectivity index (χ2v) is 6.56. The zero-order chi connectivity index (χ0) is 18.4. The number of hydrogen-bond acceptors (Lipinski definition) is 4. The Hall–Kier alpha value is -3.00. The molecular weight excluding hydrogens is 326 g/mol. The molecule has 0 unspecified atom stereocenters. The zero-order valence-electron chi connectivity index (χ0n) is 14.5. The molecule has 0 N–H and O–H groups in total. The zero-order valence-corrected chi connectivity index (χ0v) is 14.5. The molecule has 2 heterocycles. The molecule has 2 aromatic rings. The first-order valence-corrected chi connectivity index (χ1v) is 8.85. The van der Waals surface area contributed by atoms with Crippen LogP contribution in [0.3, 0.4) is 0 Å². The van der Waals surface area contributed by atoms with Gasteiger partial charge in [-0.15, -0.1) is 0 Å². The number of rotatable bonds is 5. The highest BCUT2D eigenvalue weighted by molar-refractivity contribution is 5.91. The number of Topliss-reactive ketones (excluding diaryl/α,β-unsaturated/α-hetero) is 1. The van der Waals surface area contributed by atoms with Crippen molar-refractivity contribution < 1.29 is 9.59 Å². The van der Waals surface area contributed by atoms with E-state index in [0.29, 0.717) is 31.6 Å². The molecule has 0 spiro atoms. The van der Waals surface area contributed by atoms with Crippen molar-refractivity contribution in [2.24, 2.45) is 5.92 Å². The van der Waals surface area contributed by atoms with Crippen LogP contribution in [-0.2, 0) is 16.0 Å². The maximum atomic E-state index is 12.9. The average Bonchev–Trinajstić information content (AvgIpc) is 2.70. The van der Waals surface area contributed by atoms with E-state index < -0.39 is 5.92 Å². The lowest BCUT2D eigenvalue weighted by molar-refractivity contribution is -0.134. The summed E-state index contributed by atoms with van der Waals surface area (Å²) in [5.74, 6) is -1.29. The molecule has 1 aromatic carbocycles. The van der Waals surface area contributed by atoms with E-state index in [9.17, 15) is 14.9 Å². The number of benzene rings is 1. The van der Waals surface area contributed by atoms with Crippen molar-refractivity contribution in [1.29, 1.82) is 5.26 Å². The Labute approximate surface area is 153 Å². The molecule has 1 aliphatic rings. The Balaban J connectivity index is 1.67. The fourth-order valence-electron chi connectivity index (χ4n) is 3.38. The molecule has 0 saturated carbocycles. The second kappa shape index (κ2) is 8.39. The van der Waals surface area contributed by atoms with Gasteiger partial charge in [0, 0.05) is 25.2 Å². The molecule has 0 radical (unpaired) electrons. The lowest BCUT2D eigenvalue weighted by Gasteiger charge is -2.32. The van der Waals surface area contributed by atoms with E-state index in [2.05, 4.69) is 11.1 Å². The third kappa shape index (κ3) is 4.15. The van der Waals surface area contributed by atoms with Crippen LogP contribution in [0.25, 0.3) is 0 Å². The van der Waals surface area contributed by atoms with Gasteiger partial charge < -0.3 is 4.90 Å². The maximum Gasteiger partial charge on any atom is 0.227 e. The Bertz CT molecular complexity index is 799. The molecule has 5 heteroatoms. The van der Waals surface area contributed by atoms with Crippen LogP contribution in [0.4, 0.5) is 0 Å². The first-order chi connectivity index (χ1) is 12.7. The first-order valence-electron chi connectivity index (χ1n) is 8.85. The summed E-state index contributed by atoms with van der Waals surface area (Å²) in [5.41, 5.74) is 1.45. The number of aromatic nitrogens is 1. The fourth-order valence-corrected chi connectivity index (χ4v) is 3.38. The van der Waals surface area contributed by atoms with Gasteiger partial charge in [-0.2, -0.15) is 5.26 Å². The summed E-state index contributed by atoms with van der Waals surface area (Å²) in [7, 11) is 0. The van der Waals surface area contributed by atoms with Gasteiger partial charge in [0.05, 0.1) is 18.2 Å². The van der Waals surface area contributed by atoms with Crippen LogP contribution >= 0.6 is 0 Å². The van der Waals surface area contributed by atoms with Crippen LogP contribution in [-0.4, -0.2) is 34.7 Å². The summed E-state index contributed by atoms with van der Waals surface area (Å²) in [6, 6.07) is 16.9. The molecule has 5 nitrogen and oxygen atoms in total. The van der Waals surface area contributed by atoms with Gasteiger partial charge in [0.2, 0.25) is 5.91 Å².